The third-order valence-corrected chi connectivity index (χ3v) is 4.64. The average Bonchev–Trinajstić information content (AvgIpc) is 2.77. The maximum absolute atomic E-state index is 12.2. The maximum Gasteiger partial charge on any atom is 0.245 e. The van der Waals surface area contributed by atoms with Gasteiger partial charge in [0.05, 0.1) is 5.75 Å². The van der Waals surface area contributed by atoms with E-state index in [2.05, 4.69) is 0 Å². The number of benzene rings is 1. The first-order valence-electron chi connectivity index (χ1n) is 6.69. The van der Waals surface area contributed by atoms with Gasteiger partial charge in [-0.05, 0) is 25.5 Å². The highest BCUT2D eigenvalue weighted by molar-refractivity contribution is 8.00. The fraction of sp³-hybridized carbons (Fsp3) is 0.467. The van der Waals surface area contributed by atoms with E-state index in [1.165, 1.54) is 17.3 Å². The lowest BCUT2D eigenvalue weighted by Crippen LogP contribution is -2.42. The standard InChI is InChI=1S/C15H20N2O2S/c1-11-4-6-12(7-5-11)20-10-14(18)17(3)13-8-9-16(2)15(13)19/h4-7,13H,8-10H2,1-3H3. The van der Waals surface area contributed by atoms with Crippen LogP contribution in [0.15, 0.2) is 29.2 Å². The number of likely N-dealkylation sites (tertiary alicyclic amines) is 1. The summed E-state index contributed by atoms with van der Waals surface area (Å²) in [5.74, 6) is 0.415. The second-order valence-corrected chi connectivity index (χ2v) is 6.22. The van der Waals surface area contributed by atoms with Gasteiger partial charge >= 0.3 is 0 Å². The van der Waals surface area contributed by atoms with Gasteiger partial charge in [-0.1, -0.05) is 17.7 Å². The van der Waals surface area contributed by atoms with E-state index in [1.54, 1.807) is 23.9 Å². The van der Waals surface area contributed by atoms with Crippen molar-refractivity contribution < 1.29 is 9.59 Å². The summed E-state index contributed by atoms with van der Waals surface area (Å²) in [5, 5.41) is 0. The van der Waals surface area contributed by atoms with Gasteiger partial charge in [0.2, 0.25) is 11.8 Å². The van der Waals surface area contributed by atoms with Gasteiger partial charge in [0.25, 0.3) is 0 Å². The van der Waals surface area contributed by atoms with Crippen molar-refractivity contribution in [3.8, 4) is 0 Å². The van der Waals surface area contributed by atoms with Crippen LogP contribution in [-0.2, 0) is 9.59 Å². The highest BCUT2D eigenvalue weighted by Gasteiger charge is 2.34. The molecule has 0 radical (unpaired) electrons. The molecule has 1 saturated heterocycles. The Morgan fingerprint density at radius 2 is 2.05 bits per heavy atom. The summed E-state index contributed by atoms with van der Waals surface area (Å²) < 4.78 is 0. The summed E-state index contributed by atoms with van der Waals surface area (Å²) in [7, 11) is 3.50. The van der Waals surface area contributed by atoms with Gasteiger partial charge < -0.3 is 9.80 Å². The minimum atomic E-state index is -0.286. The zero-order chi connectivity index (χ0) is 14.7. The van der Waals surface area contributed by atoms with Crippen LogP contribution < -0.4 is 0 Å². The molecular weight excluding hydrogens is 272 g/mol. The number of carbonyl (C=O) groups is 2. The van der Waals surface area contributed by atoms with Gasteiger partial charge in [-0.25, -0.2) is 0 Å². The minimum Gasteiger partial charge on any atom is -0.344 e. The van der Waals surface area contributed by atoms with Crippen LogP contribution in [-0.4, -0.2) is 54.0 Å². The lowest BCUT2D eigenvalue weighted by atomic mass is 10.2. The van der Waals surface area contributed by atoms with E-state index < -0.39 is 0 Å². The number of hydrogen-bond donors (Lipinski definition) is 0. The molecule has 4 nitrogen and oxygen atoms in total. The van der Waals surface area contributed by atoms with Crippen LogP contribution in [0.5, 0.6) is 0 Å². The molecule has 0 aliphatic carbocycles. The number of rotatable bonds is 4. The Labute approximate surface area is 124 Å². The molecule has 0 N–H and O–H groups in total. The lowest BCUT2D eigenvalue weighted by molar-refractivity contribution is -0.138. The molecule has 1 aliphatic heterocycles. The van der Waals surface area contributed by atoms with Crippen molar-refractivity contribution >= 4 is 23.6 Å². The van der Waals surface area contributed by atoms with E-state index >= 15 is 0 Å². The number of thioether (sulfide) groups is 1. The fourth-order valence-electron chi connectivity index (χ4n) is 2.22. The first-order valence-corrected chi connectivity index (χ1v) is 7.67. The minimum absolute atomic E-state index is 0.00391. The third kappa shape index (κ3) is 3.33. The van der Waals surface area contributed by atoms with Gasteiger partial charge in [-0.15, -0.1) is 11.8 Å². The summed E-state index contributed by atoms with van der Waals surface area (Å²) in [6.45, 7) is 2.77. The first kappa shape index (κ1) is 14.9. The zero-order valence-electron chi connectivity index (χ0n) is 12.1. The quantitative estimate of drug-likeness (QED) is 0.794. The molecular formula is C15H20N2O2S. The topological polar surface area (TPSA) is 40.6 Å². The first-order chi connectivity index (χ1) is 9.49. The van der Waals surface area contributed by atoms with Crippen molar-refractivity contribution in [1.29, 1.82) is 0 Å². The van der Waals surface area contributed by atoms with Crippen molar-refractivity contribution in [2.75, 3.05) is 26.4 Å². The van der Waals surface area contributed by atoms with E-state index in [4.69, 9.17) is 0 Å². The van der Waals surface area contributed by atoms with Crippen LogP contribution in [0, 0.1) is 6.92 Å². The Kier molecular flexibility index (Phi) is 4.70. The van der Waals surface area contributed by atoms with Crippen molar-refractivity contribution in [1.82, 2.24) is 9.80 Å². The molecule has 20 heavy (non-hydrogen) atoms. The number of aryl methyl sites for hydroxylation is 1. The summed E-state index contributed by atoms with van der Waals surface area (Å²) >= 11 is 1.51. The maximum atomic E-state index is 12.2. The smallest absolute Gasteiger partial charge is 0.245 e. The second kappa shape index (κ2) is 6.31. The van der Waals surface area contributed by atoms with Crippen molar-refractivity contribution in [3.05, 3.63) is 29.8 Å². The molecule has 1 aromatic rings. The predicted molar refractivity (Wildman–Crippen MR) is 80.7 cm³/mol. The molecule has 5 heteroatoms. The van der Waals surface area contributed by atoms with Gasteiger partial charge in [0, 0.05) is 25.5 Å². The largest absolute Gasteiger partial charge is 0.344 e. The number of amides is 2. The molecule has 2 rings (SSSR count). The van der Waals surface area contributed by atoms with Crippen LogP contribution in [0.3, 0.4) is 0 Å². The molecule has 1 unspecified atom stereocenters. The second-order valence-electron chi connectivity index (χ2n) is 5.17. The SMILES string of the molecule is Cc1ccc(SCC(=O)N(C)C2CCN(C)C2=O)cc1. The molecule has 0 bridgehead atoms. The number of carbonyl (C=O) groups excluding carboxylic acids is 2. The lowest BCUT2D eigenvalue weighted by Gasteiger charge is -2.23. The van der Waals surface area contributed by atoms with Crippen molar-refractivity contribution in [2.24, 2.45) is 0 Å². The molecule has 1 aliphatic rings. The van der Waals surface area contributed by atoms with Crippen LogP contribution >= 0.6 is 11.8 Å². The molecule has 0 saturated carbocycles. The van der Waals surface area contributed by atoms with E-state index in [-0.39, 0.29) is 17.9 Å². The molecule has 108 valence electrons. The van der Waals surface area contributed by atoms with Gasteiger partial charge in [-0.3, -0.25) is 9.59 Å². The van der Waals surface area contributed by atoms with Crippen LogP contribution in [0.2, 0.25) is 0 Å². The molecule has 1 atom stereocenters. The Bertz CT molecular complexity index is 501. The average molecular weight is 292 g/mol. The summed E-state index contributed by atoms with van der Waals surface area (Å²) in [5.41, 5.74) is 1.21. The number of hydrogen-bond acceptors (Lipinski definition) is 3. The molecule has 0 spiro atoms. The Hall–Kier alpha value is -1.49. The van der Waals surface area contributed by atoms with Crippen molar-refractivity contribution in [3.63, 3.8) is 0 Å². The predicted octanol–water partition coefficient (Wildman–Crippen LogP) is 1.78. The molecule has 2 amide bonds. The monoisotopic (exact) mass is 292 g/mol. The van der Waals surface area contributed by atoms with Gasteiger partial charge in [0.1, 0.15) is 6.04 Å². The van der Waals surface area contributed by atoms with Crippen molar-refractivity contribution in [2.45, 2.75) is 24.3 Å². The molecule has 1 fully saturated rings. The fourth-order valence-corrected chi connectivity index (χ4v) is 3.04. The van der Waals surface area contributed by atoms with Crippen LogP contribution in [0.4, 0.5) is 0 Å². The number of nitrogens with zero attached hydrogens (tertiary/aromatic N) is 2. The molecule has 1 aromatic carbocycles. The van der Waals surface area contributed by atoms with E-state index in [0.717, 1.165) is 17.9 Å². The summed E-state index contributed by atoms with van der Waals surface area (Å²) in [4.78, 5) is 28.4. The van der Waals surface area contributed by atoms with E-state index in [9.17, 15) is 9.59 Å². The van der Waals surface area contributed by atoms with Gasteiger partial charge in [-0.2, -0.15) is 0 Å². The molecule has 0 aromatic heterocycles. The summed E-state index contributed by atoms with van der Waals surface area (Å²) in [6.07, 6.45) is 0.729. The van der Waals surface area contributed by atoms with Crippen LogP contribution in [0.25, 0.3) is 0 Å². The Morgan fingerprint density at radius 1 is 1.40 bits per heavy atom. The normalized spacial score (nSPS) is 18.4. The Balaban J connectivity index is 1.88. The highest BCUT2D eigenvalue weighted by atomic mass is 32.2. The van der Waals surface area contributed by atoms with Crippen LogP contribution in [0.1, 0.15) is 12.0 Å². The summed E-state index contributed by atoms with van der Waals surface area (Å²) in [6, 6.07) is 7.81. The Morgan fingerprint density at radius 3 is 2.60 bits per heavy atom. The number of likely N-dealkylation sites (N-methyl/N-ethyl adjacent to an activating group) is 2. The zero-order valence-corrected chi connectivity index (χ0v) is 12.9. The molecule has 1 heterocycles. The van der Waals surface area contributed by atoms with E-state index in [0.29, 0.717) is 5.75 Å². The highest BCUT2D eigenvalue weighted by Crippen LogP contribution is 2.20. The van der Waals surface area contributed by atoms with Gasteiger partial charge in [0.15, 0.2) is 0 Å². The van der Waals surface area contributed by atoms with E-state index in [1.807, 2.05) is 31.2 Å². The third-order valence-electron chi connectivity index (χ3n) is 3.64.